The summed E-state index contributed by atoms with van der Waals surface area (Å²) in [6, 6.07) is 17.5. The molecule has 1 amide bonds. The topological polar surface area (TPSA) is 69.2 Å². The summed E-state index contributed by atoms with van der Waals surface area (Å²) in [5, 5.41) is 18.2. The van der Waals surface area contributed by atoms with E-state index in [0.717, 1.165) is 33.4 Å². The number of aryl methyl sites for hydroxylation is 3. The van der Waals surface area contributed by atoms with Crippen LogP contribution in [0.4, 0.5) is 4.39 Å². The number of aromatic amines is 1. The van der Waals surface area contributed by atoms with Crippen molar-refractivity contribution >= 4 is 5.91 Å². The van der Waals surface area contributed by atoms with Crippen LogP contribution in [0.5, 0.6) is 5.75 Å². The molecule has 6 heteroatoms. The molecule has 0 spiro atoms. The first kappa shape index (κ1) is 20.9. The Hall–Kier alpha value is -3.93. The van der Waals surface area contributed by atoms with E-state index in [0.29, 0.717) is 23.5 Å². The van der Waals surface area contributed by atoms with Gasteiger partial charge in [-0.05, 0) is 61.2 Å². The SMILES string of the molecule is Cc1ccc(C2c3c(-c4c(C)cc(C)cc4O)n[nH]c3C(=O)N2Cc2ccc(F)cc2)cc1. The van der Waals surface area contributed by atoms with Crippen LogP contribution in [0.15, 0.2) is 60.7 Å². The molecule has 5 rings (SSSR count). The third-order valence-corrected chi connectivity index (χ3v) is 6.22. The number of benzene rings is 3. The Kier molecular flexibility index (Phi) is 5.01. The normalized spacial score (nSPS) is 15.2. The van der Waals surface area contributed by atoms with E-state index >= 15 is 0 Å². The van der Waals surface area contributed by atoms with Gasteiger partial charge in [0.25, 0.3) is 5.91 Å². The van der Waals surface area contributed by atoms with Crippen LogP contribution >= 0.6 is 0 Å². The number of fused-ring (bicyclic) bond motifs is 1. The summed E-state index contributed by atoms with van der Waals surface area (Å²) in [7, 11) is 0. The van der Waals surface area contributed by atoms with Crippen molar-refractivity contribution in [3.63, 3.8) is 0 Å². The van der Waals surface area contributed by atoms with Gasteiger partial charge >= 0.3 is 0 Å². The van der Waals surface area contributed by atoms with Crippen LogP contribution in [0.25, 0.3) is 11.3 Å². The lowest BCUT2D eigenvalue weighted by Crippen LogP contribution is -2.29. The molecule has 1 aliphatic rings. The van der Waals surface area contributed by atoms with Crippen molar-refractivity contribution in [2.24, 2.45) is 0 Å². The van der Waals surface area contributed by atoms with Crippen molar-refractivity contribution in [3.8, 4) is 17.0 Å². The van der Waals surface area contributed by atoms with E-state index in [1.54, 1.807) is 23.1 Å². The van der Waals surface area contributed by atoms with E-state index < -0.39 is 6.04 Å². The highest BCUT2D eigenvalue weighted by molar-refractivity contribution is 6.00. The zero-order valence-electron chi connectivity index (χ0n) is 18.7. The molecule has 2 heterocycles. The minimum Gasteiger partial charge on any atom is -0.507 e. The van der Waals surface area contributed by atoms with Crippen LogP contribution in [-0.4, -0.2) is 26.1 Å². The van der Waals surface area contributed by atoms with Crippen LogP contribution in [0, 0.1) is 26.6 Å². The van der Waals surface area contributed by atoms with Gasteiger partial charge in [-0.15, -0.1) is 0 Å². The third-order valence-electron chi connectivity index (χ3n) is 6.22. The molecule has 3 aromatic carbocycles. The molecular formula is C27H24FN3O2. The highest BCUT2D eigenvalue weighted by Crippen LogP contribution is 2.46. The maximum atomic E-state index is 13.5. The van der Waals surface area contributed by atoms with Crippen LogP contribution < -0.4 is 0 Å². The Bertz CT molecular complexity index is 1330. The smallest absolute Gasteiger partial charge is 0.273 e. The maximum absolute atomic E-state index is 13.5. The Labute approximate surface area is 191 Å². The monoisotopic (exact) mass is 441 g/mol. The number of phenolic OH excluding ortho intramolecular Hbond substituents is 1. The third kappa shape index (κ3) is 3.57. The number of nitrogens with zero attached hydrogens (tertiary/aromatic N) is 2. The predicted molar refractivity (Wildman–Crippen MR) is 124 cm³/mol. The minimum atomic E-state index is -0.396. The summed E-state index contributed by atoms with van der Waals surface area (Å²) >= 11 is 0. The summed E-state index contributed by atoms with van der Waals surface area (Å²) < 4.78 is 13.4. The number of carbonyl (C=O) groups excluding carboxylic acids is 1. The number of amides is 1. The van der Waals surface area contributed by atoms with Crippen molar-refractivity contribution in [1.29, 1.82) is 0 Å². The quantitative estimate of drug-likeness (QED) is 0.434. The van der Waals surface area contributed by atoms with Crippen LogP contribution in [0.3, 0.4) is 0 Å². The molecular weight excluding hydrogens is 417 g/mol. The number of rotatable bonds is 4. The van der Waals surface area contributed by atoms with Crippen molar-refractivity contribution in [1.82, 2.24) is 15.1 Å². The molecule has 1 aromatic heterocycles. The molecule has 166 valence electrons. The molecule has 0 saturated carbocycles. The highest BCUT2D eigenvalue weighted by Gasteiger charge is 2.42. The van der Waals surface area contributed by atoms with Gasteiger partial charge in [0.05, 0.1) is 6.04 Å². The van der Waals surface area contributed by atoms with Crippen molar-refractivity contribution in [2.45, 2.75) is 33.4 Å². The van der Waals surface area contributed by atoms with E-state index in [1.165, 1.54) is 12.1 Å². The van der Waals surface area contributed by atoms with Gasteiger partial charge in [-0.1, -0.05) is 48.0 Å². The summed E-state index contributed by atoms with van der Waals surface area (Å²) in [4.78, 5) is 15.3. The molecule has 2 N–H and O–H groups in total. The number of nitrogens with one attached hydrogen (secondary N) is 1. The zero-order valence-corrected chi connectivity index (χ0v) is 18.7. The second-order valence-corrected chi connectivity index (χ2v) is 8.71. The van der Waals surface area contributed by atoms with Gasteiger partial charge in [-0.3, -0.25) is 9.89 Å². The number of hydrogen-bond acceptors (Lipinski definition) is 3. The van der Waals surface area contributed by atoms with Crippen LogP contribution in [0.2, 0.25) is 0 Å². The molecule has 0 aliphatic carbocycles. The number of H-pyrrole nitrogens is 1. The number of carbonyl (C=O) groups is 1. The van der Waals surface area contributed by atoms with Gasteiger partial charge < -0.3 is 10.0 Å². The van der Waals surface area contributed by atoms with Crippen LogP contribution in [-0.2, 0) is 6.54 Å². The first-order valence-corrected chi connectivity index (χ1v) is 10.8. The molecule has 1 atom stereocenters. The molecule has 4 aromatic rings. The fraction of sp³-hybridized carbons (Fsp3) is 0.185. The minimum absolute atomic E-state index is 0.133. The molecule has 0 bridgehead atoms. The number of aromatic nitrogens is 2. The molecule has 0 radical (unpaired) electrons. The average molecular weight is 442 g/mol. The molecule has 1 unspecified atom stereocenters. The van der Waals surface area contributed by atoms with E-state index in [1.807, 2.05) is 51.1 Å². The van der Waals surface area contributed by atoms with Crippen molar-refractivity contribution < 1.29 is 14.3 Å². The Morgan fingerprint density at radius 2 is 1.70 bits per heavy atom. The van der Waals surface area contributed by atoms with Crippen molar-refractivity contribution in [3.05, 3.63) is 106 Å². The predicted octanol–water partition coefficient (Wildman–Crippen LogP) is 5.59. The van der Waals surface area contributed by atoms with Gasteiger partial charge in [0, 0.05) is 17.7 Å². The summed E-state index contributed by atoms with van der Waals surface area (Å²) in [6.07, 6.45) is 0. The van der Waals surface area contributed by atoms with Gasteiger partial charge in [0.1, 0.15) is 23.0 Å². The van der Waals surface area contributed by atoms with E-state index in [4.69, 9.17) is 0 Å². The second-order valence-electron chi connectivity index (χ2n) is 8.71. The van der Waals surface area contributed by atoms with E-state index in [2.05, 4.69) is 10.2 Å². The Morgan fingerprint density at radius 1 is 1.00 bits per heavy atom. The first-order valence-electron chi connectivity index (χ1n) is 10.8. The van der Waals surface area contributed by atoms with Crippen LogP contribution in [0.1, 0.15) is 49.9 Å². The Morgan fingerprint density at radius 3 is 2.36 bits per heavy atom. The fourth-order valence-corrected chi connectivity index (χ4v) is 4.69. The lowest BCUT2D eigenvalue weighted by atomic mass is 9.92. The summed E-state index contributed by atoms with van der Waals surface area (Å²) in [5.74, 6) is -0.361. The van der Waals surface area contributed by atoms with E-state index in [-0.39, 0.29) is 17.5 Å². The summed E-state index contributed by atoms with van der Waals surface area (Å²) in [5.41, 5.74) is 7.07. The molecule has 5 nitrogen and oxygen atoms in total. The number of halogens is 1. The van der Waals surface area contributed by atoms with Gasteiger partial charge in [-0.25, -0.2) is 4.39 Å². The molecule has 33 heavy (non-hydrogen) atoms. The van der Waals surface area contributed by atoms with Crippen molar-refractivity contribution in [2.75, 3.05) is 0 Å². The van der Waals surface area contributed by atoms with Gasteiger partial charge in [0.15, 0.2) is 0 Å². The fourth-order valence-electron chi connectivity index (χ4n) is 4.69. The highest BCUT2D eigenvalue weighted by atomic mass is 19.1. The lowest BCUT2D eigenvalue weighted by molar-refractivity contribution is 0.0730. The standard InChI is InChI=1S/C27H24FN3O2/c1-15-4-8-19(9-5-15)26-23-24(22-17(3)12-16(2)13-21(22)32)29-30-25(23)27(33)31(26)14-18-6-10-20(28)11-7-18/h4-13,26,32H,14H2,1-3H3,(H,29,30). The lowest BCUT2D eigenvalue weighted by Gasteiger charge is -2.27. The summed E-state index contributed by atoms with van der Waals surface area (Å²) in [6.45, 7) is 6.19. The largest absolute Gasteiger partial charge is 0.507 e. The Balaban J connectivity index is 1.68. The average Bonchev–Trinajstić information content (AvgIpc) is 3.29. The number of phenols is 1. The second kappa shape index (κ2) is 7.89. The van der Waals surface area contributed by atoms with E-state index in [9.17, 15) is 14.3 Å². The first-order chi connectivity index (χ1) is 15.8. The number of hydrogen-bond donors (Lipinski definition) is 2. The number of aromatic hydroxyl groups is 1. The maximum Gasteiger partial charge on any atom is 0.273 e. The molecule has 0 fully saturated rings. The molecule has 1 aliphatic heterocycles. The van der Waals surface area contributed by atoms with Gasteiger partial charge in [-0.2, -0.15) is 5.10 Å². The van der Waals surface area contributed by atoms with Gasteiger partial charge in [0.2, 0.25) is 0 Å². The molecule has 0 saturated heterocycles. The zero-order chi connectivity index (χ0) is 23.3.